The smallest absolute Gasteiger partial charge is 0.262 e. The first-order valence-electron chi connectivity index (χ1n) is 12.1. The van der Waals surface area contributed by atoms with Crippen molar-refractivity contribution in [1.82, 2.24) is 5.01 Å². The lowest BCUT2D eigenvalue weighted by Gasteiger charge is -2.23. The minimum atomic E-state index is -0.620. The van der Waals surface area contributed by atoms with Gasteiger partial charge in [-0.05, 0) is 67.3 Å². The zero-order valence-electron chi connectivity index (χ0n) is 20.9. The van der Waals surface area contributed by atoms with Gasteiger partial charge in [-0.3, -0.25) is 9.59 Å². The average molecular weight is 515 g/mol. The summed E-state index contributed by atoms with van der Waals surface area (Å²) in [5.41, 5.74) is 6.73. The minimum absolute atomic E-state index is 0.0149. The molecule has 8 heteroatoms. The number of rotatable bonds is 5. The number of amides is 2. The average Bonchev–Trinajstić information content (AvgIpc) is 3.46. The summed E-state index contributed by atoms with van der Waals surface area (Å²) in [4.78, 5) is 29.8. The molecule has 3 aromatic rings. The molecule has 3 aromatic carbocycles. The molecule has 0 saturated heterocycles. The number of carbonyl (C=O) groups excluding carboxylic acids is 2. The number of halogens is 1. The minimum Gasteiger partial charge on any atom is -0.326 e. The number of hydrazone groups is 1. The van der Waals surface area contributed by atoms with Crippen LogP contribution < -0.4 is 5.32 Å². The van der Waals surface area contributed by atoms with Gasteiger partial charge < -0.3 is 5.32 Å². The molecule has 2 amide bonds. The Morgan fingerprint density at radius 3 is 2.46 bits per heavy atom. The molecule has 2 heterocycles. The summed E-state index contributed by atoms with van der Waals surface area (Å²) in [7, 11) is 0. The van der Waals surface area contributed by atoms with Crippen molar-refractivity contribution < 1.29 is 14.0 Å². The lowest BCUT2D eigenvalue weighted by molar-refractivity contribution is -0.121. The number of thioether (sulfide) groups is 1. The monoisotopic (exact) mass is 514 g/mol. The third-order valence-electron chi connectivity index (χ3n) is 6.64. The number of hydrogen-bond donors (Lipinski definition) is 1. The molecule has 2 unspecified atom stereocenters. The van der Waals surface area contributed by atoms with Gasteiger partial charge in [-0.2, -0.15) is 10.1 Å². The van der Waals surface area contributed by atoms with Crippen molar-refractivity contribution in [3.05, 3.63) is 100 Å². The van der Waals surface area contributed by atoms with Crippen LogP contribution in [0.2, 0.25) is 0 Å². The molecule has 0 bridgehead atoms. The van der Waals surface area contributed by atoms with E-state index in [1.165, 1.54) is 23.9 Å². The second-order valence-corrected chi connectivity index (χ2v) is 10.6. The van der Waals surface area contributed by atoms with Gasteiger partial charge >= 0.3 is 0 Å². The molecule has 188 valence electrons. The van der Waals surface area contributed by atoms with Gasteiger partial charge in [-0.25, -0.2) is 9.40 Å². The molecule has 5 rings (SSSR count). The molecule has 0 saturated carbocycles. The van der Waals surface area contributed by atoms with E-state index in [0.29, 0.717) is 17.3 Å². The highest BCUT2D eigenvalue weighted by molar-refractivity contribution is 8.15. The summed E-state index contributed by atoms with van der Waals surface area (Å²) in [5, 5.41) is 9.31. The Morgan fingerprint density at radius 1 is 1.03 bits per heavy atom. The van der Waals surface area contributed by atoms with Gasteiger partial charge in [-0.15, -0.1) is 0 Å². The lowest BCUT2D eigenvalue weighted by atomic mass is 9.98. The topological polar surface area (TPSA) is 74.1 Å². The van der Waals surface area contributed by atoms with Gasteiger partial charge in [-0.1, -0.05) is 59.8 Å². The lowest BCUT2D eigenvalue weighted by Crippen LogP contribution is -2.25. The normalized spacial score (nSPS) is 19.1. The van der Waals surface area contributed by atoms with Crippen LogP contribution in [0.15, 0.2) is 76.8 Å². The first kappa shape index (κ1) is 24.9. The maximum Gasteiger partial charge on any atom is 0.262 e. The molecule has 37 heavy (non-hydrogen) atoms. The van der Waals surface area contributed by atoms with E-state index < -0.39 is 5.25 Å². The van der Waals surface area contributed by atoms with Gasteiger partial charge in [0.1, 0.15) is 11.1 Å². The van der Waals surface area contributed by atoms with Crippen LogP contribution in [-0.2, 0) is 9.59 Å². The number of amidine groups is 1. The molecule has 6 nitrogen and oxygen atoms in total. The van der Waals surface area contributed by atoms with Crippen LogP contribution in [0.25, 0.3) is 0 Å². The maximum atomic E-state index is 13.5. The highest BCUT2D eigenvalue weighted by Crippen LogP contribution is 2.38. The van der Waals surface area contributed by atoms with E-state index in [0.717, 1.165) is 33.5 Å². The van der Waals surface area contributed by atoms with Crippen molar-refractivity contribution in [2.24, 2.45) is 10.1 Å². The number of anilines is 1. The number of aliphatic imine (C=N–C) groups is 1. The number of nitrogens with zero attached hydrogens (tertiary/aromatic N) is 3. The van der Waals surface area contributed by atoms with Gasteiger partial charge in [0.05, 0.1) is 11.8 Å². The molecule has 0 aliphatic carbocycles. The summed E-state index contributed by atoms with van der Waals surface area (Å²) < 4.78 is 13.5. The first-order chi connectivity index (χ1) is 17.8. The highest BCUT2D eigenvalue weighted by atomic mass is 32.2. The van der Waals surface area contributed by atoms with Crippen molar-refractivity contribution in [2.75, 3.05) is 5.32 Å². The molecular formula is C29H27FN4O2S. The van der Waals surface area contributed by atoms with Gasteiger partial charge in [0, 0.05) is 18.5 Å². The van der Waals surface area contributed by atoms with Crippen LogP contribution in [0, 0.1) is 26.6 Å². The summed E-state index contributed by atoms with van der Waals surface area (Å²) in [6, 6.07) is 20.0. The third-order valence-corrected chi connectivity index (χ3v) is 7.78. The zero-order chi connectivity index (χ0) is 26.1. The summed E-state index contributed by atoms with van der Waals surface area (Å²) in [6.45, 7) is 6.03. The van der Waals surface area contributed by atoms with Crippen molar-refractivity contribution in [2.45, 2.75) is 44.9 Å². The highest BCUT2D eigenvalue weighted by Gasteiger charge is 2.39. The van der Waals surface area contributed by atoms with Crippen molar-refractivity contribution in [3.63, 3.8) is 0 Å². The van der Waals surface area contributed by atoms with Crippen molar-refractivity contribution in [1.29, 1.82) is 0 Å². The summed E-state index contributed by atoms with van der Waals surface area (Å²) >= 11 is 1.26. The van der Waals surface area contributed by atoms with Crippen molar-refractivity contribution in [3.8, 4) is 0 Å². The van der Waals surface area contributed by atoms with Gasteiger partial charge in [0.2, 0.25) is 5.91 Å². The summed E-state index contributed by atoms with van der Waals surface area (Å²) in [5.74, 6) is -0.890. The van der Waals surface area contributed by atoms with Crippen LogP contribution in [-0.4, -0.2) is 33.0 Å². The fraction of sp³-hybridized carbons (Fsp3) is 0.241. The molecular weight excluding hydrogens is 487 g/mol. The maximum absolute atomic E-state index is 13.5. The predicted molar refractivity (Wildman–Crippen MR) is 146 cm³/mol. The van der Waals surface area contributed by atoms with Crippen LogP contribution in [0.1, 0.15) is 46.7 Å². The summed E-state index contributed by atoms with van der Waals surface area (Å²) in [6.07, 6.45) is 0.599. The largest absolute Gasteiger partial charge is 0.326 e. The second-order valence-electron chi connectivity index (χ2n) is 9.42. The Balaban J connectivity index is 1.34. The number of aryl methyl sites for hydroxylation is 3. The Hall–Kier alpha value is -3.78. The van der Waals surface area contributed by atoms with Crippen molar-refractivity contribution >= 4 is 40.1 Å². The predicted octanol–water partition coefficient (Wildman–Crippen LogP) is 5.93. The van der Waals surface area contributed by atoms with E-state index in [1.807, 2.05) is 63.2 Å². The Bertz CT molecular complexity index is 1420. The Labute approximate surface area is 219 Å². The van der Waals surface area contributed by atoms with Gasteiger partial charge in [0.15, 0.2) is 5.17 Å². The van der Waals surface area contributed by atoms with E-state index in [-0.39, 0.29) is 30.1 Å². The molecule has 2 aliphatic rings. The molecule has 2 atom stereocenters. The number of carbonyl (C=O) groups is 2. The van der Waals surface area contributed by atoms with E-state index in [1.54, 1.807) is 17.1 Å². The van der Waals surface area contributed by atoms with E-state index >= 15 is 0 Å². The number of hydrogen-bond acceptors (Lipinski definition) is 5. The quantitative estimate of drug-likeness (QED) is 0.458. The fourth-order valence-corrected chi connectivity index (χ4v) is 5.42. The fourth-order valence-electron chi connectivity index (χ4n) is 4.36. The zero-order valence-corrected chi connectivity index (χ0v) is 21.7. The second kappa shape index (κ2) is 10.3. The van der Waals surface area contributed by atoms with E-state index in [9.17, 15) is 14.0 Å². The SMILES string of the molecule is Cc1ccc(C2CC(c3ccc(F)cc3)=NN2C2=NC(=O)C(CC(=O)Nc3ccc(C)c(C)c3)S2)cc1. The number of benzene rings is 3. The first-order valence-corrected chi connectivity index (χ1v) is 13.0. The Morgan fingerprint density at radius 2 is 1.76 bits per heavy atom. The van der Waals surface area contributed by atoms with E-state index in [2.05, 4.69) is 10.3 Å². The van der Waals surface area contributed by atoms with E-state index in [4.69, 9.17) is 5.10 Å². The van der Waals surface area contributed by atoms with Gasteiger partial charge in [0.25, 0.3) is 5.91 Å². The van der Waals surface area contributed by atoms with Crippen LogP contribution in [0.3, 0.4) is 0 Å². The third kappa shape index (κ3) is 5.49. The van der Waals surface area contributed by atoms with Crippen LogP contribution in [0.4, 0.5) is 10.1 Å². The van der Waals surface area contributed by atoms with Crippen LogP contribution in [0.5, 0.6) is 0 Å². The molecule has 0 aromatic heterocycles. The molecule has 2 aliphatic heterocycles. The standard InChI is InChI=1S/C29H27FN4O2S/c1-17-4-7-21(8-5-17)25-15-24(20-9-11-22(30)12-10-20)33-34(25)29-32-28(36)26(37-29)16-27(35)31-23-13-6-18(2)19(3)14-23/h4-14,25-26H,15-16H2,1-3H3,(H,31,35). The van der Waals surface area contributed by atoms with Crippen LogP contribution >= 0.6 is 11.8 Å². The molecule has 0 radical (unpaired) electrons. The molecule has 0 fully saturated rings. The number of nitrogens with one attached hydrogen (secondary N) is 1. The molecule has 1 N–H and O–H groups in total. The Kier molecular flexibility index (Phi) is 6.93. The molecule has 0 spiro atoms.